The summed E-state index contributed by atoms with van der Waals surface area (Å²) in [7, 11) is 0. The van der Waals surface area contributed by atoms with Gasteiger partial charge in [-0.1, -0.05) is 13.3 Å². The molecule has 0 aromatic carbocycles. The molecule has 1 saturated heterocycles. The van der Waals surface area contributed by atoms with E-state index in [0.29, 0.717) is 16.4 Å². The van der Waals surface area contributed by atoms with Crippen molar-refractivity contribution in [1.82, 2.24) is 0 Å². The zero-order valence-electron chi connectivity index (χ0n) is 8.82. The SMILES string of the molecule is CCC1SCCSC1C(O)C1CCC1. The summed E-state index contributed by atoms with van der Waals surface area (Å²) in [5.41, 5.74) is 0. The molecule has 2 fully saturated rings. The van der Waals surface area contributed by atoms with E-state index in [2.05, 4.69) is 18.7 Å². The first kappa shape index (κ1) is 11.2. The molecule has 2 aliphatic rings. The van der Waals surface area contributed by atoms with Crippen molar-refractivity contribution in [3.8, 4) is 0 Å². The van der Waals surface area contributed by atoms with Crippen LogP contribution in [0.15, 0.2) is 0 Å². The molecule has 0 amide bonds. The van der Waals surface area contributed by atoms with Gasteiger partial charge in [-0.05, 0) is 25.2 Å². The summed E-state index contributed by atoms with van der Waals surface area (Å²) in [6.07, 6.45) is 5.06. The Morgan fingerprint density at radius 3 is 2.57 bits per heavy atom. The summed E-state index contributed by atoms with van der Waals surface area (Å²) in [6.45, 7) is 2.25. The van der Waals surface area contributed by atoms with Crippen LogP contribution in [0.1, 0.15) is 32.6 Å². The molecule has 0 radical (unpaired) electrons. The molecule has 3 unspecified atom stereocenters. The second-order valence-corrected chi connectivity index (χ2v) is 6.97. The van der Waals surface area contributed by atoms with Crippen LogP contribution in [0.2, 0.25) is 0 Å². The fraction of sp³-hybridized carbons (Fsp3) is 1.00. The van der Waals surface area contributed by atoms with Crippen molar-refractivity contribution in [2.45, 2.75) is 49.2 Å². The van der Waals surface area contributed by atoms with Crippen molar-refractivity contribution in [3.63, 3.8) is 0 Å². The lowest BCUT2D eigenvalue weighted by Crippen LogP contribution is -2.42. The minimum atomic E-state index is -0.0218. The van der Waals surface area contributed by atoms with Crippen LogP contribution in [0.25, 0.3) is 0 Å². The summed E-state index contributed by atoms with van der Waals surface area (Å²) in [6, 6.07) is 0. The van der Waals surface area contributed by atoms with Gasteiger partial charge in [-0.2, -0.15) is 23.5 Å². The van der Waals surface area contributed by atoms with E-state index >= 15 is 0 Å². The lowest BCUT2D eigenvalue weighted by Gasteiger charge is -2.40. The van der Waals surface area contributed by atoms with Crippen LogP contribution in [-0.4, -0.2) is 33.2 Å². The molecular formula is C11H20OS2. The molecule has 0 bridgehead atoms. The monoisotopic (exact) mass is 232 g/mol. The molecule has 1 aliphatic heterocycles. The molecule has 1 heterocycles. The van der Waals surface area contributed by atoms with Gasteiger partial charge in [-0.3, -0.25) is 0 Å². The minimum Gasteiger partial charge on any atom is -0.392 e. The van der Waals surface area contributed by atoms with Gasteiger partial charge >= 0.3 is 0 Å². The van der Waals surface area contributed by atoms with E-state index in [0.717, 1.165) is 0 Å². The standard InChI is InChI=1S/C11H20OS2/c1-2-9-11(14-7-6-13-9)10(12)8-4-3-5-8/h8-12H,2-7H2,1H3. The number of aliphatic hydroxyl groups excluding tert-OH is 1. The van der Waals surface area contributed by atoms with E-state index in [4.69, 9.17) is 0 Å². The fourth-order valence-electron chi connectivity index (χ4n) is 2.30. The second-order valence-electron chi connectivity index (χ2n) is 4.33. The molecule has 14 heavy (non-hydrogen) atoms. The Hall–Kier alpha value is 0.660. The molecular weight excluding hydrogens is 212 g/mol. The van der Waals surface area contributed by atoms with Crippen molar-refractivity contribution >= 4 is 23.5 Å². The van der Waals surface area contributed by atoms with E-state index in [-0.39, 0.29) is 6.10 Å². The molecule has 3 heteroatoms. The highest BCUT2D eigenvalue weighted by molar-refractivity contribution is 8.07. The molecule has 1 nitrogen and oxygen atoms in total. The second kappa shape index (κ2) is 5.13. The minimum absolute atomic E-state index is 0.0218. The van der Waals surface area contributed by atoms with Gasteiger partial charge in [0.15, 0.2) is 0 Å². The molecule has 3 atom stereocenters. The number of thioether (sulfide) groups is 2. The summed E-state index contributed by atoms with van der Waals surface area (Å²) in [5, 5.41) is 11.5. The molecule has 1 aliphatic carbocycles. The Morgan fingerprint density at radius 2 is 2.00 bits per heavy atom. The van der Waals surface area contributed by atoms with E-state index in [9.17, 15) is 5.11 Å². The predicted octanol–water partition coefficient (Wildman–Crippen LogP) is 2.77. The maximum atomic E-state index is 10.3. The lowest BCUT2D eigenvalue weighted by atomic mass is 9.79. The molecule has 0 aromatic rings. The highest BCUT2D eigenvalue weighted by atomic mass is 32.2. The first-order chi connectivity index (χ1) is 6.83. The van der Waals surface area contributed by atoms with Gasteiger partial charge in [-0.15, -0.1) is 0 Å². The van der Waals surface area contributed by atoms with Gasteiger partial charge in [0.2, 0.25) is 0 Å². The normalized spacial score (nSPS) is 36.4. The molecule has 0 spiro atoms. The average Bonchev–Trinajstić information content (AvgIpc) is 2.15. The fourth-order valence-corrected chi connectivity index (χ4v) is 5.53. The van der Waals surface area contributed by atoms with Gasteiger partial charge in [0.05, 0.1) is 6.10 Å². The van der Waals surface area contributed by atoms with Gasteiger partial charge < -0.3 is 5.11 Å². The van der Waals surface area contributed by atoms with Crippen LogP contribution in [0.3, 0.4) is 0 Å². The largest absolute Gasteiger partial charge is 0.392 e. The van der Waals surface area contributed by atoms with Gasteiger partial charge in [0.25, 0.3) is 0 Å². The number of hydrogen-bond donors (Lipinski definition) is 1. The van der Waals surface area contributed by atoms with Crippen LogP contribution >= 0.6 is 23.5 Å². The smallest absolute Gasteiger partial charge is 0.0697 e. The van der Waals surface area contributed by atoms with Crippen molar-refractivity contribution in [1.29, 1.82) is 0 Å². The van der Waals surface area contributed by atoms with E-state index in [1.54, 1.807) is 0 Å². The van der Waals surface area contributed by atoms with Crippen molar-refractivity contribution < 1.29 is 5.11 Å². The van der Waals surface area contributed by atoms with Crippen LogP contribution < -0.4 is 0 Å². The summed E-state index contributed by atoms with van der Waals surface area (Å²) in [4.78, 5) is 0. The zero-order chi connectivity index (χ0) is 9.97. The molecule has 0 aromatic heterocycles. The topological polar surface area (TPSA) is 20.2 Å². The third kappa shape index (κ3) is 2.25. The third-order valence-electron chi connectivity index (χ3n) is 3.46. The van der Waals surface area contributed by atoms with Crippen LogP contribution in [0.5, 0.6) is 0 Å². The summed E-state index contributed by atoms with van der Waals surface area (Å²) >= 11 is 4.08. The quantitative estimate of drug-likeness (QED) is 0.808. The Labute approximate surface area is 95.4 Å². The molecule has 2 rings (SSSR count). The zero-order valence-corrected chi connectivity index (χ0v) is 10.4. The number of aliphatic hydroxyl groups is 1. The average molecular weight is 232 g/mol. The molecule has 1 N–H and O–H groups in total. The first-order valence-corrected chi connectivity index (χ1v) is 7.84. The Kier molecular flexibility index (Phi) is 4.09. The van der Waals surface area contributed by atoms with Gasteiger partial charge in [0.1, 0.15) is 0 Å². The summed E-state index contributed by atoms with van der Waals surface area (Å²) < 4.78 is 0. The number of hydrogen-bond acceptors (Lipinski definition) is 3. The number of rotatable bonds is 3. The maximum Gasteiger partial charge on any atom is 0.0697 e. The van der Waals surface area contributed by atoms with Crippen molar-refractivity contribution in [3.05, 3.63) is 0 Å². The third-order valence-corrected chi connectivity index (χ3v) is 6.82. The van der Waals surface area contributed by atoms with Crippen LogP contribution in [0.4, 0.5) is 0 Å². The van der Waals surface area contributed by atoms with Crippen LogP contribution in [-0.2, 0) is 0 Å². The lowest BCUT2D eigenvalue weighted by molar-refractivity contribution is 0.0599. The van der Waals surface area contributed by atoms with E-state index in [1.165, 1.54) is 37.2 Å². The van der Waals surface area contributed by atoms with Gasteiger partial charge in [0, 0.05) is 22.0 Å². The van der Waals surface area contributed by atoms with E-state index < -0.39 is 0 Å². The van der Waals surface area contributed by atoms with Crippen molar-refractivity contribution in [2.75, 3.05) is 11.5 Å². The van der Waals surface area contributed by atoms with Crippen molar-refractivity contribution in [2.24, 2.45) is 5.92 Å². The molecule has 82 valence electrons. The highest BCUT2D eigenvalue weighted by Crippen LogP contribution is 2.41. The maximum absolute atomic E-state index is 10.3. The summed E-state index contributed by atoms with van der Waals surface area (Å²) in [5.74, 6) is 3.13. The Bertz CT molecular complexity index is 182. The predicted molar refractivity (Wildman–Crippen MR) is 66.1 cm³/mol. The molecule has 1 saturated carbocycles. The van der Waals surface area contributed by atoms with Crippen LogP contribution in [0, 0.1) is 5.92 Å². The van der Waals surface area contributed by atoms with Gasteiger partial charge in [-0.25, -0.2) is 0 Å². The first-order valence-electron chi connectivity index (χ1n) is 5.74. The Morgan fingerprint density at radius 1 is 1.29 bits per heavy atom. The van der Waals surface area contributed by atoms with E-state index in [1.807, 2.05) is 11.8 Å². The Balaban J connectivity index is 1.91. The highest BCUT2D eigenvalue weighted by Gasteiger charge is 2.37.